The highest BCUT2D eigenvalue weighted by Gasteiger charge is 2.35. The molecule has 0 bridgehead atoms. The summed E-state index contributed by atoms with van der Waals surface area (Å²) in [6, 6.07) is 0.812. The van der Waals surface area contributed by atoms with Crippen molar-refractivity contribution in [2.75, 3.05) is 6.54 Å². The molecule has 0 unspecified atom stereocenters. The molecule has 0 atom stereocenters. The van der Waals surface area contributed by atoms with Crippen molar-refractivity contribution in [2.45, 2.75) is 46.6 Å². The molecular weight excluding hydrogens is 134 g/mol. The van der Waals surface area contributed by atoms with E-state index >= 15 is 0 Å². The Morgan fingerprint density at radius 3 is 2.27 bits per heavy atom. The molecule has 0 saturated heterocycles. The molecule has 11 heavy (non-hydrogen) atoms. The van der Waals surface area contributed by atoms with Crippen molar-refractivity contribution in [2.24, 2.45) is 11.3 Å². The fraction of sp³-hybridized carbons (Fsp3) is 1.00. The lowest BCUT2D eigenvalue weighted by atomic mass is 9.68. The summed E-state index contributed by atoms with van der Waals surface area (Å²) in [6.07, 6.45) is 2.72. The molecule has 1 N–H and O–H groups in total. The van der Waals surface area contributed by atoms with Crippen LogP contribution in [0.4, 0.5) is 0 Å². The topological polar surface area (TPSA) is 12.0 Å². The minimum absolute atomic E-state index is 0.620. The number of hydrogen-bond acceptors (Lipinski definition) is 1. The van der Waals surface area contributed by atoms with Gasteiger partial charge in [0.15, 0.2) is 0 Å². The molecule has 1 saturated carbocycles. The summed E-state index contributed by atoms with van der Waals surface area (Å²) in [6.45, 7) is 10.4. The van der Waals surface area contributed by atoms with E-state index in [1.54, 1.807) is 0 Å². The van der Waals surface area contributed by atoms with Gasteiger partial charge in [-0.15, -0.1) is 0 Å². The van der Waals surface area contributed by atoms with Crippen molar-refractivity contribution in [3.63, 3.8) is 0 Å². The molecular formula is C10H21N. The summed E-state index contributed by atoms with van der Waals surface area (Å²) >= 11 is 0. The Kier molecular flexibility index (Phi) is 2.58. The Morgan fingerprint density at radius 1 is 1.36 bits per heavy atom. The van der Waals surface area contributed by atoms with Crippen molar-refractivity contribution < 1.29 is 0 Å². The third kappa shape index (κ3) is 2.82. The molecule has 0 aliphatic heterocycles. The van der Waals surface area contributed by atoms with Crippen LogP contribution in [0.2, 0.25) is 0 Å². The molecule has 0 aromatic heterocycles. The third-order valence-corrected chi connectivity index (χ3v) is 2.41. The molecule has 1 aliphatic rings. The fourth-order valence-corrected chi connectivity index (χ4v) is 1.82. The highest BCUT2D eigenvalue weighted by molar-refractivity contribution is 4.91. The van der Waals surface area contributed by atoms with Crippen LogP contribution in [-0.4, -0.2) is 12.6 Å². The van der Waals surface area contributed by atoms with E-state index in [2.05, 4.69) is 33.0 Å². The molecule has 66 valence electrons. The van der Waals surface area contributed by atoms with Crippen molar-refractivity contribution >= 4 is 0 Å². The molecule has 1 nitrogen and oxygen atoms in total. The van der Waals surface area contributed by atoms with Gasteiger partial charge in [-0.05, 0) is 30.7 Å². The minimum atomic E-state index is 0.620. The van der Waals surface area contributed by atoms with E-state index in [4.69, 9.17) is 0 Å². The zero-order valence-electron chi connectivity index (χ0n) is 8.28. The van der Waals surface area contributed by atoms with Gasteiger partial charge in [-0.2, -0.15) is 0 Å². The Bertz CT molecular complexity index is 119. The normalized spacial score (nSPS) is 23.7. The van der Waals surface area contributed by atoms with Crippen LogP contribution in [0.15, 0.2) is 0 Å². The summed E-state index contributed by atoms with van der Waals surface area (Å²) in [4.78, 5) is 0. The van der Waals surface area contributed by atoms with Crippen LogP contribution in [0.5, 0.6) is 0 Å². The first-order valence-corrected chi connectivity index (χ1v) is 4.73. The van der Waals surface area contributed by atoms with E-state index in [0.29, 0.717) is 5.41 Å². The second kappa shape index (κ2) is 3.14. The summed E-state index contributed by atoms with van der Waals surface area (Å²) in [5.74, 6) is 0.790. The second-order valence-corrected chi connectivity index (χ2v) is 5.07. The van der Waals surface area contributed by atoms with Gasteiger partial charge in [-0.3, -0.25) is 0 Å². The van der Waals surface area contributed by atoms with Crippen LogP contribution in [0.25, 0.3) is 0 Å². The largest absolute Gasteiger partial charge is 0.314 e. The van der Waals surface area contributed by atoms with Crippen molar-refractivity contribution in [3.8, 4) is 0 Å². The monoisotopic (exact) mass is 155 g/mol. The van der Waals surface area contributed by atoms with E-state index in [1.165, 1.54) is 19.4 Å². The standard InChI is InChI=1S/C10H21N/c1-8(2)7-11-9-5-10(3,4)6-9/h8-9,11H,5-7H2,1-4H3. The number of hydrogen-bond donors (Lipinski definition) is 1. The first-order valence-electron chi connectivity index (χ1n) is 4.73. The van der Waals surface area contributed by atoms with Crippen LogP contribution in [0, 0.1) is 11.3 Å². The smallest absolute Gasteiger partial charge is 0.00773 e. The molecule has 0 heterocycles. The van der Waals surface area contributed by atoms with Crippen molar-refractivity contribution in [1.29, 1.82) is 0 Å². The van der Waals surface area contributed by atoms with E-state index in [1.807, 2.05) is 0 Å². The average Bonchev–Trinajstić information content (AvgIpc) is 1.78. The van der Waals surface area contributed by atoms with Gasteiger partial charge in [0.25, 0.3) is 0 Å². The van der Waals surface area contributed by atoms with Gasteiger partial charge in [0.2, 0.25) is 0 Å². The lowest BCUT2D eigenvalue weighted by Gasteiger charge is -2.43. The molecule has 1 aliphatic carbocycles. The van der Waals surface area contributed by atoms with Gasteiger partial charge in [0, 0.05) is 6.04 Å². The van der Waals surface area contributed by atoms with E-state index < -0.39 is 0 Å². The summed E-state index contributed by atoms with van der Waals surface area (Å²) in [5, 5.41) is 3.57. The first kappa shape index (κ1) is 9.05. The van der Waals surface area contributed by atoms with Crippen LogP contribution in [-0.2, 0) is 0 Å². The quantitative estimate of drug-likeness (QED) is 0.660. The Balaban J connectivity index is 2.05. The zero-order chi connectivity index (χ0) is 8.48. The van der Waals surface area contributed by atoms with Gasteiger partial charge in [0.05, 0.1) is 0 Å². The Morgan fingerprint density at radius 2 is 1.91 bits per heavy atom. The molecule has 1 heteroatoms. The SMILES string of the molecule is CC(C)CNC1CC(C)(C)C1. The fourth-order valence-electron chi connectivity index (χ4n) is 1.82. The minimum Gasteiger partial charge on any atom is -0.314 e. The first-order chi connectivity index (χ1) is 4.99. The van der Waals surface area contributed by atoms with Gasteiger partial charge in [0.1, 0.15) is 0 Å². The predicted octanol–water partition coefficient (Wildman–Crippen LogP) is 2.42. The van der Waals surface area contributed by atoms with Gasteiger partial charge >= 0.3 is 0 Å². The molecule has 1 rings (SSSR count). The van der Waals surface area contributed by atoms with Crippen molar-refractivity contribution in [1.82, 2.24) is 5.32 Å². The van der Waals surface area contributed by atoms with Gasteiger partial charge in [-0.25, -0.2) is 0 Å². The molecule has 0 amide bonds. The maximum atomic E-state index is 3.57. The third-order valence-electron chi connectivity index (χ3n) is 2.41. The van der Waals surface area contributed by atoms with E-state index in [9.17, 15) is 0 Å². The van der Waals surface area contributed by atoms with Gasteiger partial charge < -0.3 is 5.32 Å². The van der Waals surface area contributed by atoms with E-state index in [0.717, 1.165) is 12.0 Å². The molecule has 0 spiro atoms. The molecule has 1 fully saturated rings. The highest BCUT2D eigenvalue weighted by atomic mass is 14.9. The maximum absolute atomic E-state index is 3.57. The maximum Gasteiger partial charge on any atom is 0.00773 e. The van der Waals surface area contributed by atoms with Crippen LogP contribution >= 0.6 is 0 Å². The molecule has 0 aromatic carbocycles. The lowest BCUT2D eigenvalue weighted by Crippen LogP contribution is -2.46. The summed E-state index contributed by atoms with van der Waals surface area (Å²) in [5.41, 5.74) is 0.620. The molecule has 0 radical (unpaired) electrons. The Hall–Kier alpha value is -0.0400. The Labute approximate surface area is 70.6 Å². The van der Waals surface area contributed by atoms with Crippen molar-refractivity contribution in [3.05, 3.63) is 0 Å². The van der Waals surface area contributed by atoms with E-state index in [-0.39, 0.29) is 0 Å². The zero-order valence-corrected chi connectivity index (χ0v) is 8.28. The lowest BCUT2D eigenvalue weighted by molar-refractivity contribution is 0.124. The van der Waals surface area contributed by atoms with Gasteiger partial charge in [-0.1, -0.05) is 27.7 Å². The summed E-state index contributed by atoms with van der Waals surface area (Å²) in [7, 11) is 0. The average molecular weight is 155 g/mol. The van der Waals surface area contributed by atoms with Crippen LogP contribution < -0.4 is 5.32 Å². The predicted molar refractivity (Wildman–Crippen MR) is 49.6 cm³/mol. The molecule has 0 aromatic rings. The highest BCUT2D eigenvalue weighted by Crippen LogP contribution is 2.39. The number of nitrogens with one attached hydrogen (secondary N) is 1. The second-order valence-electron chi connectivity index (χ2n) is 5.07. The van der Waals surface area contributed by atoms with Crippen LogP contribution in [0.3, 0.4) is 0 Å². The summed E-state index contributed by atoms with van der Waals surface area (Å²) < 4.78 is 0. The van der Waals surface area contributed by atoms with Crippen LogP contribution in [0.1, 0.15) is 40.5 Å². The number of rotatable bonds is 3.